The summed E-state index contributed by atoms with van der Waals surface area (Å²) in [5, 5.41) is 0. The third-order valence-electron chi connectivity index (χ3n) is 2.68. The van der Waals surface area contributed by atoms with Gasteiger partial charge in [0.1, 0.15) is 17.2 Å². The van der Waals surface area contributed by atoms with Crippen LogP contribution in [0.3, 0.4) is 0 Å². The van der Waals surface area contributed by atoms with E-state index in [4.69, 9.17) is 21.1 Å². The number of hydrogen-bond donors (Lipinski definition) is 0. The quantitative estimate of drug-likeness (QED) is 0.754. The molecule has 2 nitrogen and oxygen atoms in total. The van der Waals surface area contributed by atoms with Crippen molar-refractivity contribution >= 4 is 11.6 Å². The van der Waals surface area contributed by atoms with E-state index < -0.39 is 0 Å². The zero-order chi connectivity index (χ0) is 13.0. The minimum absolute atomic E-state index is 0.518. The van der Waals surface area contributed by atoms with Gasteiger partial charge in [-0.3, -0.25) is 0 Å². The minimum Gasteiger partial charge on any atom is -0.497 e. The van der Waals surface area contributed by atoms with Crippen molar-refractivity contribution in [1.29, 1.82) is 0 Å². The lowest BCUT2D eigenvalue weighted by molar-refractivity contribution is 0.412. The van der Waals surface area contributed by atoms with Crippen molar-refractivity contribution in [1.82, 2.24) is 0 Å². The van der Waals surface area contributed by atoms with E-state index in [1.165, 1.54) is 0 Å². The first-order chi connectivity index (χ1) is 8.72. The molecule has 0 radical (unpaired) electrons. The molecule has 0 unspecified atom stereocenters. The summed E-state index contributed by atoms with van der Waals surface area (Å²) in [6.07, 6.45) is 0. The fourth-order valence-corrected chi connectivity index (χ4v) is 1.85. The minimum atomic E-state index is 0.518. The molecular formula is C15H15ClO2. The molecule has 0 aliphatic heterocycles. The van der Waals surface area contributed by atoms with Crippen molar-refractivity contribution in [3.8, 4) is 17.2 Å². The summed E-state index contributed by atoms with van der Waals surface area (Å²) >= 11 is 5.79. The first kappa shape index (κ1) is 12.8. The third kappa shape index (κ3) is 2.96. The summed E-state index contributed by atoms with van der Waals surface area (Å²) in [7, 11) is 1.64. The van der Waals surface area contributed by atoms with E-state index in [1.54, 1.807) is 7.11 Å². The van der Waals surface area contributed by atoms with Crippen molar-refractivity contribution in [2.75, 3.05) is 7.11 Å². The van der Waals surface area contributed by atoms with E-state index in [2.05, 4.69) is 0 Å². The maximum Gasteiger partial charge on any atom is 0.130 e. The highest BCUT2D eigenvalue weighted by molar-refractivity contribution is 6.17. The normalized spacial score (nSPS) is 10.2. The van der Waals surface area contributed by atoms with Crippen LogP contribution in [-0.2, 0) is 5.88 Å². The molecular weight excluding hydrogens is 248 g/mol. The van der Waals surface area contributed by atoms with E-state index in [0.29, 0.717) is 5.88 Å². The average Bonchev–Trinajstić information content (AvgIpc) is 2.42. The van der Waals surface area contributed by atoms with Gasteiger partial charge in [-0.25, -0.2) is 0 Å². The molecule has 0 saturated heterocycles. The van der Waals surface area contributed by atoms with Crippen molar-refractivity contribution in [3.05, 3.63) is 53.6 Å². The fourth-order valence-electron chi connectivity index (χ4n) is 1.68. The number of alkyl halides is 1. The Labute approximate surface area is 112 Å². The van der Waals surface area contributed by atoms with Gasteiger partial charge < -0.3 is 9.47 Å². The van der Waals surface area contributed by atoms with Gasteiger partial charge in [0, 0.05) is 5.88 Å². The molecule has 94 valence electrons. The van der Waals surface area contributed by atoms with Crippen LogP contribution < -0.4 is 9.47 Å². The molecule has 2 aromatic carbocycles. The smallest absolute Gasteiger partial charge is 0.130 e. The van der Waals surface area contributed by atoms with Gasteiger partial charge in [-0.1, -0.05) is 12.1 Å². The van der Waals surface area contributed by atoms with Crippen molar-refractivity contribution in [2.45, 2.75) is 12.8 Å². The molecule has 0 atom stereocenters. The second-order valence-electron chi connectivity index (χ2n) is 4.01. The maximum absolute atomic E-state index is 5.81. The van der Waals surface area contributed by atoms with Gasteiger partial charge in [0.2, 0.25) is 0 Å². The zero-order valence-electron chi connectivity index (χ0n) is 10.4. The monoisotopic (exact) mass is 262 g/mol. The molecule has 0 aliphatic carbocycles. The number of rotatable bonds is 4. The second-order valence-corrected chi connectivity index (χ2v) is 4.28. The molecule has 0 saturated carbocycles. The van der Waals surface area contributed by atoms with Crippen LogP contribution in [0.25, 0.3) is 0 Å². The largest absolute Gasteiger partial charge is 0.497 e. The molecule has 18 heavy (non-hydrogen) atoms. The van der Waals surface area contributed by atoms with Crippen LogP contribution in [0.1, 0.15) is 11.1 Å². The van der Waals surface area contributed by atoms with Crippen molar-refractivity contribution in [3.63, 3.8) is 0 Å². The van der Waals surface area contributed by atoms with Gasteiger partial charge in [0.25, 0.3) is 0 Å². The lowest BCUT2D eigenvalue weighted by Crippen LogP contribution is -1.89. The van der Waals surface area contributed by atoms with E-state index in [1.807, 2.05) is 49.4 Å². The highest BCUT2D eigenvalue weighted by atomic mass is 35.5. The predicted octanol–water partition coefficient (Wildman–Crippen LogP) is 4.53. The molecule has 0 aliphatic rings. The Morgan fingerprint density at radius 1 is 1.00 bits per heavy atom. The van der Waals surface area contributed by atoms with Crippen LogP contribution in [0.2, 0.25) is 0 Å². The number of halogens is 1. The van der Waals surface area contributed by atoms with Gasteiger partial charge in [0.15, 0.2) is 0 Å². The van der Waals surface area contributed by atoms with Gasteiger partial charge >= 0.3 is 0 Å². The fraction of sp³-hybridized carbons (Fsp3) is 0.200. The van der Waals surface area contributed by atoms with Crippen molar-refractivity contribution < 1.29 is 9.47 Å². The van der Waals surface area contributed by atoms with E-state index in [-0.39, 0.29) is 0 Å². The van der Waals surface area contributed by atoms with E-state index in [0.717, 1.165) is 28.4 Å². The van der Waals surface area contributed by atoms with E-state index in [9.17, 15) is 0 Å². The van der Waals surface area contributed by atoms with Crippen LogP contribution in [0.5, 0.6) is 17.2 Å². The summed E-state index contributed by atoms with van der Waals surface area (Å²) in [5.41, 5.74) is 2.17. The SMILES string of the molecule is COc1ccc(Oc2ccc(CCl)cc2C)cc1. The van der Waals surface area contributed by atoms with Crippen LogP contribution in [0.4, 0.5) is 0 Å². The molecule has 0 bridgehead atoms. The Morgan fingerprint density at radius 2 is 1.67 bits per heavy atom. The third-order valence-corrected chi connectivity index (χ3v) is 2.99. The van der Waals surface area contributed by atoms with Crippen LogP contribution in [-0.4, -0.2) is 7.11 Å². The second kappa shape index (κ2) is 5.78. The van der Waals surface area contributed by atoms with Crippen LogP contribution in [0.15, 0.2) is 42.5 Å². The standard InChI is InChI=1S/C15H15ClO2/c1-11-9-12(10-16)3-8-15(11)18-14-6-4-13(17-2)5-7-14/h3-9H,10H2,1-2H3. The average molecular weight is 263 g/mol. The van der Waals surface area contributed by atoms with E-state index >= 15 is 0 Å². The maximum atomic E-state index is 5.81. The Hall–Kier alpha value is -1.67. The number of ether oxygens (including phenoxy) is 2. The lowest BCUT2D eigenvalue weighted by atomic mass is 10.1. The van der Waals surface area contributed by atoms with Crippen LogP contribution in [0, 0.1) is 6.92 Å². The predicted molar refractivity (Wildman–Crippen MR) is 73.8 cm³/mol. The molecule has 3 heteroatoms. The highest BCUT2D eigenvalue weighted by Gasteiger charge is 2.03. The van der Waals surface area contributed by atoms with Gasteiger partial charge in [0.05, 0.1) is 7.11 Å². The molecule has 0 fully saturated rings. The van der Waals surface area contributed by atoms with Gasteiger partial charge in [-0.05, 0) is 48.4 Å². The van der Waals surface area contributed by atoms with Crippen molar-refractivity contribution in [2.24, 2.45) is 0 Å². The first-order valence-corrected chi connectivity index (χ1v) is 6.24. The highest BCUT2D eigenvalue weighted by Crippen LogP contribution is 2.27. The summed E-state index contributed by atoms with van der Waals surface area (Å²) in [4.78, 5) is 0. The molecule has 0 heterocycles. The Morgan fingerprint density at radius 3 is 2.22 bits per heavy atom. The summed E-state index contributed by atoms with van der Waals surface area (Å²) in [5.74, 6) is 2.96. The lowest BCUT2D eigenvalue weighted by Gasteiger charge is -2.10. The topological polar surface area (TPSA) is 18.5 Å². The number of benzene rings is 2. The Bertz CT molecular complexity index is 521. The van der Waals surface area contributed by atoms with Gasteiger partial charge in [-0.2, -0.15) is 0 Å². The molecule has 2 rings (SSSR count). The first-order valence-electron chi connectivity index (χ1n) is 5.70. The number of methoxy groups -OCH3 is 1. The van der Waals surface area contributed by atoms with Gasteiger partial charge in [-0.15, -0.1) is 11.6 Å². The molecule has 0 aromatic heterocycles. The summed E-state index contributed by atoms with van der Waals surface area (Å²) in [6, 6.07) is 13.5. The number of aryl methyl sites for hydroxylation is 1. The Balaban J connectivity index is 2.17. The molecule has 0 amide bonds. The zero-order valence-corrected chi connectivity index (χ0v) is 11.2. The van der Waals surface area contributed by atoms with Crippen LogP contribution >= 0.6 is 11.6 Å². The Kier molecular flexibility index (Phi) is 4.11. The summed E-state index contributed by atoms with van der Waals surface area (Å²) in [6.45, 7) is 2.01. The molecule has 2 aromatic rings. The number of hydrogen-bond acceptors (Lipinski definition) is 2. The molecule has 0 spiro atoms. The summed E-state index contributed by atoms with van der Waals surface area (Å²) < 4.78 is 10.9. The molecule has 0 N–H and O–H groups in total.